The monoisotopic (exact) mass is 322 g/mol. The van der Waals surface area contributed by atoms with E-state index in [-0.39, 0.29) is 29.9 Å². The molecule has 0 aliphatic heterocycles. The number of methoxy groups -OCH3 is 1. The normalized spacial score (nSPS) is 14.7. The van der Waals surface area contributed by atoms with Crippen LogP contribution in [0.2, 0.25) is 0 Å². The van der Waals surface area contributed by atoms with E-state index in [0.29, 0.717) is 5.92 Å². The van der Waals surface area contributed by atoms with Crippen LogP contribution in [0.4, 0.5) is 5.69 Å². The summed E-state index contributed by atoms with van der Waals surface area (Å²) in [4.78, 5) is 33.6. The summed E-state index contributed by atoms with van der Waals surface area (Å²) in [6.07, 6.45) is 2.20. The second-order valence-electron chi connectivity index (χ2n) is 5.41. The number of carbonyl (C=O) groups excluding carboxylic acids is 2. The number of nitrogens with one attached hydrogen (secondary N) is 1. The van der Waals surface area contributed by atoms with E-state index in [2.05, 4.69) is 10.1 Å². The summed E-state index contributed by atoms with van der Waals surface area (Å²) >= 11 is 0. The van der Waals surface area contributed by atoms with Crippen molar-refractivity contribution in [1.82, 2.24) is 5.32 Å². The molecule has 8 nitrogen and oxygen atoms in total. The number of nitro groups is 1. The summed E-state index contributed by atoms with van der Waals surface area (Å²) in [5, 5.41) is 13.9. The Hall–Kier alpha value is -2.64. The van der Waals surface area contributed by atoms with Gasteiger partial charge in [0.2, 0.25) is 0 Å². The lowest BCUT2D eigenvalue weighted by atomic mass is 10.2. The maximum atomic E-state index is 11.8. The second kappa shape index (κ2) is 7.08. The van der Waals surface area contributed by atoms with Crippen LogP contribution in [0.25, 0.3) is 0 Å². The van der Waals surface area contributed by atoms with Gasteiger partial charge in [0, 0.05) is 12.1 Å². The fraction of sp³-hybridized carbons (Fsp3) is 0.467. The Morgan fingerprint density at radius 1 is 1.43 bits per heavy atom. The summed E-state index contributed by atoms with van der Waals surface area (Å²) in [6, 6.07) is 3.76. The number of carbonyl (C=O) groups is 2. The van der Waals surface area contributed by atoms with Crippen LogP contribution < -0.4 is 10.1 Å². The molecule has 1 aromatic carbocycles. The Kier molecular flexibility index (Phi) is 5.15. The van der Waals surface area contributed by atoms with Gasteiger partial charge in [-0.25, -0.2) is 4.79 Å². The average Bonchev–Trinajstić information content (AvgIpc) is 3.36. The Bertz CT molecular complexity index is 626. The summed E-state index contributed by atoms with van der Waals surface area (Å²) in [5.41, 5.74) is -0.353. The molecule has 0 saturated heterocycles. The zero-order chi connectivity index (χ0) is 17.0. The third-order valence-corrected chi connectivity index (χ3v) is 3.65. The number of rotatable bonds is 7. The third kappa shape index (κ3) is 4.41. The SMILES string of the molecule is COC(=O)c1ccc(OCC(=O)N[C@H](C)C2CC2)c([N+](=O)[O-])c1. The van der Waals surface area contributed by atoms with E-state index in [4.69, 9.17) is 4.74 Å². The molecule has 1 amide bonds. The minimum Gasteiger partial charge on any atom is -0.477 e. The molecule has 1 aliphatic rings. The minimum absolute atomic E-state index is 0.0401. The number of hydrogen-bond acceptors (Lipinski definition) is 6. The van der Waals surface area contributed by atoms with Crippen LogP contribution in [0.15, 0.2) is 18.2 Å². The largest absolute Gasteiger partial charge is 0.477 e. The maximum absolute atomic E-state index is 11.8. The molecule has 1 N–H and O–H groups in total. The van der Waals surface area contributed by atoms with Gasteiger partial charge in [-0.2, -0.15) is 0 Å². The Labute approximate surface area is 132 Å². The highest BCUT2D eigenvalue weighted by Gasteiger charge is 2.29. The van der Waals surface area contributed by atoms with Crippen molar-refractivity contribution in [3.05, 3.63) is 33.9 Å². The molecule has 1 saturated carbocycles. The molecule has 0 radical (unpaired) electrons. The van der Waals surface area contributed by atoms with Crippen molar-refractivity contribution in [3.8, 4) is 5.75 Å². The van der Waals surface area contributed by atoms with Gasteiger partial charge >= 0.3 is 11.7 Å². The quantitative estimate of drug-likeness (QED) is 0.465. The van der Waals surface area contributed by atoms with Crippen LogP contribution in [0.1, 0.15) is 30.1 Å². The van der Waals surface area contributed by atoms with Crippen molar-refractivity contribution < 1.29 is 24.0 Å². The van der Waals surface area contributed by atoms with Crippen LogP contribution in [0.5, 0.6) is 5.75 Å². The van der Waals surface area contributed by atoms with Crippen LogP contribution >= 0.6 is 0 Å². The van der Waals surface area contributed by atoms with E-state index in [9.17, 15) is 19.7 Å². The first-order valence-corrected chi connectivity index (χ1v) is 7.21. The number of benzene rings is 1. The van der Waals surface area contributed by atoms with Gasteiger partial charge in [-0.3, -0.25) is 14.9 Å². The number of amides is 1. The number of nitrogens with zero attached hydrogens (tertiary/aromatic N) is 1. The molecule has 8 heteroatoms. The summed E-state index contributed by atoms with van der Waals surface area (Å²) in [7, 11) is 1.18. The molecule has 2 rings (SSSR count). The average molecular weight is 322 g/mol. The molecule has 0 spiro atoms. The molecule has 0 heterocycles. The van der Waals surface area contributed by atoms with Crippen molar-refractivity contribution in [2.45, 2.75) is 25.8 Å². The summed E-state index contributed by atoms with van der Waals surface area (Å²) in [6.45, 7) is 1.60. The van der Waals surface area contributed by atoms with Crippen LogP contribution in [0.3, 0.4) is 0 Å². The van der Waals surface area contributed by atoms with E-state index in [1.165, 1.54) is 19.2 Å². The van der Waals surface area contributed by atoms with E-state index in [1.807, 2.05) is 6.92 Å². The minimum atomic E-state index is -0.685. The van der Waals surface area contributed by atoms with E-state index in [1.54, 1.807) is 0 Å². The Morgan fingerprint density at radius 3 is 2.70 bits per heavy atom. The van der Waals surface area contributed by atoms with Gasteiger partial charge in [0.05, 0.1) is 17.6 Å². The highest BCUT2D eigenvalue weighted by molar-refractivity contribution is 5.90. The Balaban J connectivity index is 2.02. The van der Waals surface area contributed by atoms with Crippen molar-refractivity contribution in [3.63, 3.8) is 0 Å². The van der Waals surface area contributed by atoms with Gasteiger partial charge in [-0.1, -0.05) is 0 Å². The molecule has 0 bridgehead atoms. The van der Waals surface area contributed by atoms with Gasteiger partial charge in [0.1, 0.15) is 0 Å². The fourth-order valence-corrected chi connectivity index (χ4v) is 2.18. The lowest BCUT2D eigenvalue weighted by Crippen LogP contribution is -2.37. The maximum Gasteiger partial charge on any atom is 0.338 e. The second-order valence-corrected chi connectivity index (χ2v) is 5.41. The van der Waals surface area contributed by atoms with Crippen LogP contribution in [-0.4, -0.2) is 36.6 Å². The molecule has 1 aromatic rings. The zero-order valence-corrected chi connectivity index (χ0v) is 12.9. The molecule has 1 atom stereocenters. The molecule has 1 fully saturated rings. The highest BCUT2D eigenvalue weighted by atomic mass is 16.6. The van der Waals surface area contributed by atoms with Crippen molar-refractivity contribution in [2.24, 2.45) is 5.92 Å². The number of esters is 1. The molecular weight excluding hydrogens is 304 g/mol. The molecular formula is C15H18N2O6. The predicted octanol–water partition coefficient (Wildman–Crippen LogP) is 1.67. The number of nitro benzene ring substituents is 1. The van der Waals surface area contributed by atoms with E-state index in [0.717, 1.165) is 18.9 Å². The standard InChI is InChI=1S/C15H18N2O6/c1-9(10-3-4-10)16-14(18)8-23-13-6-5-11(15(19)22-2)7-12(13)17(20)21/h5-7,9-10H,3-4,8H2,1-2H3,(H,16,18)/t9-/m1/s1. The van der Waals surface area contributed by atoms with Crippen LogP contribution in [0, 0.1) is 16.0 Å². The summed E-state index contributed by atoms with van der Waals surface area (Å²) in [5.74, 6) is -0.587. The van der Waals surface area contributed by atoms with Gasteiger partial charge in [-0.05, 0) is 37.8 Å². The molecule has 1 aliphatic carbocycles. The predicted molar refractivity (Wildman–Crippen MR) is 80.3 cm³/mol. The van der Waals surface area contributed by atoms with Crippen LogP contribution in [-0.2, 0) is 9.53 Å². The molecule has 0 unspecified atom stereocenters. The number of ether oxygens (including phenoxy) is 2. The zero-order valence-electron chi connectivity index (χ0n) is 12.9. The van der Waals surface area contributed by atoms with Gasteiger partial charge in [0.15, 0.2) is 12.4 Å². The highest BCUT2D eigenvalue weighted by Crippen LogP contribution is 2.32. The van der Waals surface area contributed by atoms with Crippen molar-refractivity contribution >= 4 is 17.6 Å². The molecule has 0 aromatic heterocycles. The first kappa shape index (κ1) is 16.7. The van der Waals surface area contributed by atoms with E-state index < -0.39 is 16.6 Å². The van der Waals surface area contributed by atoms with Gasteiger partial charge in [-0.15, -0.1) is 0 Å². The molecule has 23 heavy (non-hydrogen) atoms. The number of hydrogen-bond donors (Lipinski definition) is 1. The fourth-order valence-electron chi connectivity index (χ4n) is 2.18. The lowest BCUT2D eigenvalue weighted by molar-refractivity contribution is -0.385. The van der Waals surface area contributed by atoms with Gasteiger partial charge in [0.25, 0.3) is 5.91 Å². The first-order chi connectivity index (χ1) is 10.9. The van der Waals surface area contributed by atoms with E-state index >= 15 is 0 Å². The lowest BCUT2D eigenvalue weighted by Gasteiger charge is -2.13. The van der Waals surface area contributed by atoms with Gasteiger partial charge < -0.3 is 14.8 Å². The molecule has 124 valence electrons. The van der Waals surface area contributed by atoms with Crippen molar-refractivity contribution in [2.75, 3.05) is 13.7 Å². The summed E-state index contributed by atoms with van der Waals surface area (Å²) < 4.78 is 9.74. The van der Waals surface area contributed by atoms with Crippen molar-refractivity contribution in [1.29, 1.82) is 0 Å². The smallest absolute Gasteiger partial charge is 0.338 e. The third-order valence-electron chi connectivity index (χ3n) is 3.65. The Morgan fingerprint density at radius 2 is 2.13 bits per heavy atom. The first-order valence-electron chi connectivity index (χ1n) is 7.21. The topological polar surface area (TPSA) is 108 Å².